The Morgan fingerprint density at radius 2 is 1.79 bits per heavy atom. The van der Waals surface area contributed by atoms with Crippen LogP contribution >= 0.6 is 0 Å². The standard InChI is InChI=1S/C24H28F4N2O3S/c1-34(31,32)21-4-2-3-20(13-21)29-11-12-30(22(15-29)18-6-8-19(25)9-7-18)14-17-5-10-23(33-16-17)24(26,27)28/h2-4,6-9,13,17,22-23H,5,10-12,14-16H2,1H3/t17-,22+,23?/m0/s1. The Hall–Kier alpha value is -2.17. The van der Waals surface area contributed by atoms with Crippen LogP contribution in [0, 0.1) is 11.7 Å². The van der Waals surface area contributed by atoms with Crippen LogP contribution in [0.4, 0.5) is 23.2 Å². The molecule has 0 bridgehead atoms. The van der Waals surface area contributed by atoms with Crippen LogP contribution in [0.2, 0.25) is 0 Å². The molecule has 4 rings (SSSR count). The Labute approximate surface area is 197 Å². The molecule has 2 fully saturated rings. The largest absolute Gasteiger partial charge is 0.414 e. The van der Waals surface area contributed by atoms with Crippen LogP contribution in [0.5, 0.6) is 0 Å². The van der Waals surface area contributed by atoms with E-state index < -0.39 is 22.1 Å². The molecule has 2 aromatic carbocycles. The molecule has 2 aromatic rings. The van der Waals surface area contributed by atoms with Crippen molar-refractivity contribution in [2.45, 2.75) is 36.1 Å². The number of benzene rings is 2. The van der Waals surface area contributed by atoms with Gasteiger partial charge in [-0.15, -0.1) is 0 Å². The van der Waals surface area contributed by atoms with E-state index in [0.29, 0.717) is 32.6 Å². The van der Waals surface area contributed by atoms with Gasteiger partial charge in [0.1, 0.15) is 5.82 Å². The van der Waals surface area contributed by atoms with Crippen molar-refractivity contribution < 1.29 is 30.7 Å². The van der Waals surface area contributed by atoms with Gasteiger partial charge in [-0.25, -0.2) is 12.8 Å². The number of sulfone groups is 1. The minimum atomic E-state index is -4.34. The van der Waals surface area contributed by atoms with Crippen molar-refractivity contribution in [3.63, 3.8) is 0 Å². The highest BCUT2D eigenvalue weighted by molar-refractivity contribution is 7.90. The second-order valence-electron chi connectivity index (χ2n) is 9.08. The van der Waals surface area contributed by atoms with Crippen molar-refractivity contribution in [3.8, 4) is 0 Å². The number of rotatable bonds is 5. The number of hydrogen-bond donors (Lipinski definition) is 0. The third-order valence-electron chi connectivity index (χ3n) is 6.58. The topological polar surface area (TPSA) is 49.9 Å². The fourth-order valence-corrected chi connectivity index (χ4v) is 5.39. The third kappa shape index (κ3) is 5.90. The Morgan fingerprint density at radius 3 is 2.41 bits per heavy atom. The summed E-state index contributed by atoms with van der Waals surface area (Å²) in [4.78, 5) is 4.55. The molecule has 0 radical (unpaired) electrons. The van der Waals surface area contributed by atoms with E-state index in [-0.39, 0.29) is 35.7 Å². The molecular formula is C24H28F4N2O3S. The average Bonchev–Trinajstić information content (AvgIpc) is 2.79. The number of hydrogen-bond acceptors (Lipinski definition) is 5. The molecule has 5 nitrogen and oxygen atoms in total. The zero-order chi connectivity index (χ0) is 24.5. The normalized spacial score (nSPS) is 24.9. The summed E-state index contributed by atoms with van der Waals surface area (Å²) in [6, 6.07) is 12.9. The smallest absolute Gasteiger partial charge is 0.368 e. The summed E-state index contributed by atoms with van der Waals surface area (Å²) in [5.41, 5.74) is 1.68. The molecule has 0 saturated carbocycles. The van der Waals surface area contributed by atoms with Gasteiger partial charge in [0.2, 0.25) is 0 Å². The molecule has 1 unspecified atom stereocenters. The first-order valence-electron chi connectivity index (χ1n) is 11.2. The van der Waals surface area contributed by atoms with Gasteiger partial charge in [0, 0.05) is 38.1 Å². The Bertz CT molecular complexity index is 1080. The van der Waals surface area contributed by atoms with Crippen LogP contribution in [0.3, 0.4) is 0 Å². The zero-order valence-electron chi connectivity index (χ0n) is 18.8. The summed E-state index contributed by atoms with van der Waals surface area (Å²) in [6.07, 6.45) is -4.49. The first-order chi connectivity index (χ1) is 16.0. The van der Waals surface area contributed by atoms with Crippen molar-refractivity contribution in [2.75, 3.05) is 43.9 Å². The number of ether oxygens (including phenoxy) is 1. The molecule has 2 heterocycles. The molecule has 3 atom stereocenters. The van der Waals surface area contributed by atoms with Gasteiger partial charge in [-0.1, -0.05) is 18.2 Å². The maximum absolute atomic E-state index is 13.6. The maximum atomic E-state index is 13.6. The summed E-state index contributed by atoms with van der Waals surface area (Å²) in [7, 11) is -3.35. The van der Waals surface area contributed by atoms with Gasteiger partial charge < -0.3 is 9.64 Å². The minimum absolute atomic E-state index is 0.0262. The van der Waals surface area contributed by atoms with Crippen molar-refractivity contribution >= 4 is 15.5 Å². The zero-order valence-corrected chi connectivity index (χ0v) is 19.7. The van der Waals surface area contributed by atoms with Gasteiger partial charge in [0.15, 0.2) is 15.9 Å². The quantitative estimate of drug-likeness (QED) is 0.568. The molecule has 34 heavy (non-hydrogen) atoms. The van der Waals surface area contributed by atoms with Gasteiger partial charge in [-0.2, -0.15) is 13.2 Å². The number of halogens is 4. The molecule has 10 heteroatoms. The number of piperazine rings is 1. The van der Waals surface area contributed by atoms with Gasteiger partial charge in [-0.05, 0) is 54.7 Å². The van der Waals surface area contributed by atoms with Crippen molar-refractivity contribution in [2.24, 2.45) is 5.92 Å². The van der Waals surface area contributed by atoms with E-state index in [1.54, 1.807) is 30.3 Å². The molecule has 2 saturated heterocycles. The van der Waals surface area contributed by atoms with E-state index in [4.69, 9.17) is 4.74 Å². The fourth-order valence-electron chi connectivity index (χ4n) is 4.73. The highest BCUT2D eigenvalue weighted by Crippen LogP contribution is 2.34. The van der Waals surface area contributed by atoms with Gasteiger partial charge in [0.25, 0.3) is 0 Å². The van der Waals surface area contributed by atoms with Crippen LogP contribution in [0.25, 0.3) is 0 Å². The molecular weight excluding hydrogens is 472 g/mol. The summed E-state index contributed by atoms with van der Waals surface area (Å²) in [5, 5.41) is 0. The SMILES string of the molecule is CS(=O)(=O)c1cccc(N2CCN(C[C@@H]3CCC(C(F)(F)F)OC3)[C@@H](c3ccc(F)cc3)C2)c1. The van der Waals surface area contributed by atoms with E-state index in [9.17, 15) is 26.0 Å². The van der Waals surface area contributed by atoms with Crippen LogP contribution in [0.1, 0.15) is 24.4 Å². The van der Waals surface area contributed by atoms with Crippen LogP contribution in [0.15, 0.2) is 53.4 Å². The molecule has 0 N–H and O–H groups in total. The number of nitrogens with zero attached hydrogens (tertiary/aromatic N) is 2. The summed E-state index contributed by atoms with van der Waals surface area (Å²) in [5.74, 6) is -0.371. The predicted molar refractivity (Wildman–Crippen MR) is 121 cm³/mol. The molecule has 0 spiro atoms. The van der Waals surface area contributed by atoms with Crippen molar-refractivity contribution in [1.82, 2.24) is 4.90 Å². The summed E-state index contributed by atoms with van der Waals surface area (Å²) >= 11 is 0. The fraction of sp³-hybridized carbons (Fsp3) is 0.500. The Kier molecular flexibility index (Phi) is 7.21. The number of alkyl halides is 3. The predicted octanol–water partition coefficient (Wildman–Crippen LogP) is 4.45. The first-order valence-corrected chi connectivity index (χ1v) is 13.1. The lowest BCUT2D eigenvalue weighted by Crippen LogP contribution is -2.51. The molecule has 2 aliphatic heterocycles. The lowest BCUT2D eigenvalue weighted by Gasteiger charge is -2.44. The first kappa shape index (κ1) is 24.9. The molecule has 0 aliphatic carbocycles. The maximum Gasteiger partial charge on any atom is 0.414 e. The monoisotopic (exact) mass is 500 g/mol. The summed E-state index contributed by atoms with van der Waals surface area (Å²) < 4.78 is 81.5. The van der Waals surface area contributed by atoms with Gasteiger partial charge in [0.05, 0.1) is 17.5 Å². The highest BCUT2D eigenvalue weighted by Gasteiger charge is 2.43. The molecule has 0 aromatic heterocycles. The Morgan fingerprint density at radius 1 is 1.06 bits per heavy atom. The number of anilines is 1. The third-order valence-corrected chi connectivity index (χ3v) is 7.70. The molecule has 2 aliphatic rings. The summed E-state index contributed by atoms with van der Waals surface area (Å²) in [6.45, 7) is 2.42. The lowest BCUT2D eigenvalue weighted by molar-refractivity contribution is -0.236. The van der Waals surface area contributed by atoms with Gasteiger partial charge >= 0.3 is 6.18 Å². The van der Waals surface area contributed by atoms with E-state index in [0.717, 1.165) is 11.3 Å². The molecule has 0 amide bonds. The van der Waals surface area contributed by atoms with Crippen LogP contribution < -0.4 is 4.90 Å². The van der Waals surface area contributed by atoms with E-state index >= 15 is 0 Å². The average molecular weight is 501 g/mol. The van der Waals surface area contributed by atoms with Crippen LogP contribution in [-0.4, -0.2) is 64.6 Å². The van der Waals surface area contributed by atoms with E-state index in [1.165, 1.54) is 18.4 Å². The van der Waals surface area contributed by atoms with Crippen molar-refractivity contribution in [3.05, 3.63) is 59.9 Å². The van der Waals surface area contributed by atoms with E-state index in [1.807, 2.05) is 6.07 Å². The minimum Gasteiger partial charge on any atom is -0.368 e. The highest BCUT2D eigenvalue weighted by atomic mass is 32.2. The van der Waals surface area contributed by atoms with Crippen LogP contribution in [-0.2, 0) is 14.6 Å². The molecule has 186 valence electrons. The van der Waals surface area contributed by atoms with Gasteiger partial charge in [-0.3, -0.25) is 4.90 Å². The van der Waals surface area contributed by atoms with Crippen molar-refractivity contribution in [1.29, 1.82) is 0 Å². The second-order valence-corrected chi connectivity index (χ2v) is 11.1. The van der Waals surface area contributed by atoms with E-state index in [2.05, 4.69) is 9.80 Å². The Balaban J connectivity index is 1.51. The lowest BCUT2D eigenvalue weighted by atomic mass is 9.94. The second kappa shape index (κ2) is 9.83.